The number of hydrogen-bond donors (Lipinski definition) is 1. The van der Waals surface area contributed by atoms with Gasteiger partial charge in [0, 0.05) is 36.9 Å². The molecule has 1 aliphatic heterocycles. The molecule has 0 bridgehead atoms. The van der Waals surface area contributed by atoms with Gasteiger partial charge in [-0.05, 0) is 12.1 Å². The van der Waals surface area contributed by atoms with Crippen molar-refractivity contribution < 1.29 is 9.21 Å². The number of hydrogen-bond acceptors (Lipinski definition) is 4. The molecule has 1 fully saturated rings. The van der Waals surface area contributed by atoms with Crippen LogP contribution in [0.4, 0.5) is 5.69 Å². The molecule has 0 radical (unpaired) electrons. The van der Waals surface area contributed by atoms with Gasteiger partial charge in [0.25, 0.3) is 0 Å². The van der Waals surface area contributed by atoms with E-state index in [1.54, 1.807) is 4.90 Å². The monoisotopic (exact) mass is 248 g/mol. The van der Waals surface area contributed by atoms with Crippen LogP contribution in [0.3, 0.4) is 0 Å². The van der Waals surface area contributed by atoms with Crippen LogP contribution < -0.4 is 4.90 Å². The molecular formula is C12H12N2O2S. The summed E-state index contributed by atoms with van der Waals surface area (Å²) in [6.07, 6.45) is 0.497. The molecule has 17 heavy (non-hydrogen) atoms. The van der Waals surface area contributed by atoms with Gasteiger partial charge in [-0.3, -0.25) is 4.79 Å². The van der Waals surface area contributed by atoms with Gasteiger partial charge >= 0.3 is 0 Å². The number of thiol groups is 1. The SMILES string of the molecule is Cc1nc2ccc(N3CC(S)CC3=O)cc2o1. The third-order valence-corrected chi connectivity index (χ3v) is 3.24. The average molecular weight is 248 g/mol. The number of benzene rings is 1. The Morgan fingerprint density at radius 2 is 2.35 bits per heavy atom. The molecule has 0 aliphatic carbocycles. The Hall–Kier alpha value is -1.49. The van der Waals surface area contributed by atoms with E-state index in [4.69, 9.17) is 4.42 Å². The zero-order valence-corrected chi connectivity index (χ0v) is 10.3. The highest BCUT2D eigenvalue weighted by Crippen LogP contribution is 2.27. The Labute approximate surface area is 104 Å². The number of nitrogens with zero attached hydrogens (tertiary/aromatic N) is 2. The first kappa shape index (κ1) is 10.7. The molecule has 1 atom stereocenters. The molecule has 1 amide bonds. The van der Waals surface area contributed by atoms with Crippen LogP contribution in [0, 0.1) is 6.92 Å². The fourth-order valence-corrected chi connectivity index (χ4v) is 2.45. The highest BCUT2D eigenvalue weighted by molar-refractivity contribution is 7.81. The molecule has 0 spiro atoms. The van der Waals surface area contributed by atoms with Crippen molar-refractivity contribution in [3.05, 3.63) is 24.1 Å². The van der Waals surface area contributed by atoms with Gasteiger partial charge in [-0.1, -0.05) is 0 Å². The predicted octanol–water partition coefficient (Wildman–Crippen LogP) is 2.17. The van der Waals surface area contributed by atoms with Crippen molar-refractivity contribution in [2.45, 2.75) is 18.6 Å². The van der Waals surface area contributed by atoms with E-state index in [1.165, 1.54) is 0 Å². The third kappa shape index (κ3) is 1.80. The average Bonchev–Trinajstić information content (AvgIpc) is 2.78. The zero-order valence-electron chi connectivity index (χ0n) is 9.38. The minimum absolute atomic E-state index is 0.112. The maximum absolute atomic E-state index is 11.8. The normalized spacial score (nSPS) is 20.5. The van der Waals surface area contributed by atoms with Crippen molar-refractivity contribution in [1.29, 1.82) is 0 Å². The molecule has 1 aromatic heterocycles. The van der Waals surface area contributed by atoms with Gasteiger partial charge in [0.2, 0.25) is 5.91 Å². The summed E-state index contributed by atoms with van der Waals surface area (Å²) in [4.78, 5) is 17.7. The largest absolute Gasteiger partial charge is 0.441 e. The zero-order chi connectivity index (χ0) is 12.0. The van der Waals surface area contributed by atoms with E-state index in [0.29, 0.717) is 18.9 Å². The Morgan fingerprint density at radius 3 is 3.06 bits per heavy atom. The van der Waals surface area contributed by atoms with Crippen molar-refractivity contribution >= 4 is 35.3 Å². The van der Waals surface area contributed by atoms with Crippen molar-refractivity contribution in [2.75, 3.05) is 11.4 Å². The summed E-state index contributed by atoms with van der Waals surface area (Å²) in [7, 11) is 0. The number of aryl methyl sites for hydroxylation is 1. The van der Waals surface area contributed by atoms with Crippen molar-refractivity contribution in [1.82, 2.24) is 4.98 Å². The number of amides is 1. The fourth-order valence-electron chi connectivity index (χ4n) is 2.13. The van der Waals surface area contributed by atoms with Crippen LogP contribution in [0.15, 0.2) is 22.6 Å². The fraction of sp³-hybridized carbons (Fsp3) is 0.333. The molecule has 1 unspecified atom stereocenters. The summed E-state index contributed by atoms with van der Waals surface area (Å²) in [6, 6.07) is 5.63. The number of aromatic nitrogens is 1. The molecule has 3 rings (SSSR count). The molecule has 88 valence electrons. The molecule has 1 aromatic carbocycles. The van der Waals surface area contributed by atoms with Crippen LogP contribution in [-0.4, -0.2) is 22.7 Å². The molecule has 5 heteroatoms. The van der Waals surface area contributed by atoms with Crippen molar-refractivity contribution in [3.63, 3.8) is 0 Å². The minimum Gasteiger partial charge on any atom is -0.441 e. The quantitative estimate of drug-likeness (QED) is 0.787. The number of carbonyl (C=O) groups excluding carboxylic acids is 1. The summed E-state index contributed by atoms with van der Waals surface area (Å²) in [6.45, 7) is 2.46. The first-order valence-corrected chi connectivity index (χ1v) is 6.01. The van der Waals surface area contributed by atoms with E-state index >= 15 is 0 Å². The lowest BCUT2D eigenvalue weighted by Crippen LogP contribution is -2.24. The highest BCUT2D eigenvalue weighted by Gasteiger charge is 2.28. The molecule has 0 saturated carbocycles. The molecule has 2 aromatic rings. The maximum Gasteiger partial charge on any atom is 0.228 e. The van der Waals surface area contributed by atoms with E-state index in [0.717, 1.165) is 16.8 Å². The van der Waals surface area contributed by atoms with E-state index in [2.05, 4.69) is 17.6 Å². The molecule has 2 heterocycles. The van der Waals surface area contributed by atoms with Crippen LogP contribution in [0.2, 0.25) is 0 Å². The van der Waals surface area contributed by atoms with Gasteiger partial charge in [-0.15, -0.1) is 0 Å². The van der Waals surface area contributed by atoms with Gasteiger partial charge in [-0.25, -0.2) is 4.98 Å². The van der Waals surface area contributed by atoms with Gasteiger partial charge in [0.15, 0.2) is 11.5 Å². The van der Waals surface area contributed by atoms with E-state index in [9.17, 15) is 4.79 Å². The Balaban J connectivity index is 2.03. The maximum atomic E-state index is 11.8. The lowest BCUT2D eigenvalue weighted by Gasteiger charge is -2.15. The Morgan fingerprint density at radius 1 is 1.53 bits per heavy atom. The van der Waals surface area contributed by atoms with Crippen LogP contribution in [-0.2, 0) is 4.79 Å². The summed E-state index contributed by atoms with van der Waals surface area (Å²) < 4.78 is 5.46. The van der Waals surface area contributed by atoms with Crippen molar-refractivity contribution in [3.8, 4) is 0 Å². The Kier molecular flexibility index (Phi) is 2.36. The van der Waals surface area contributed by atoms with Crippen LogP contribution in [0.25, 0.3) is 11.1 Å². The molecule has 0 N–H and O–H groups in total. The first-order chi connectivity index (χ1) is 8.13. The summed E-state index contributed by atoms with van der Waals surface area (Å²) in [5, 5.41) is 0.120. The number of rotatable bonds is 1. The third-order valence-electron chi connectivity index (χ3n) is 2.90. The lowest BCUT2D eigenvalue weighted by atomic mass is 10.2. The minimum atomic E-state index is 0.112. The second-order valence-electron chi connectivity index (χ2n) is 4.25. The van der Waals surface area contributed by atoms with Gasteiger partial charge in [-0.2, -0.15) is 12.6 Å². The Bertz CT molecular complexity index is 593. The molecule has 1 saturated heterocycles. The second-order valence-corrected chi connectivity index (χ2v) is 4.98. The van der Waals surface area contributed by atoms with Crippen LogP contribution in [0.5, 0.6) is 0 Å². The first-order valence-electron chi connectivity index (χ1n) is 5.49. The summed E-state index contributed by atoms with van der Waals surface area (Å²) in [5.41, 5.74) is 2.39. The van der Waals surface area contributed by atoms with Crippen LogP contribution in [0.1, 0.15) is 12.3 Å². The summed E-state index contributed by atoms with van der Waals surface area (Å²) in [5.74, 6) is 0.748. The van der Waals surface area contributed by atoms with Gasteiger partial charge in [0.1, 0.15) is 5.52 Å². The number of oxazole rings is 1. The van der Waals surface area contributed by atoms with E-state index in [-0.39, 0.29) is 11.2 Å². The summed E-state index contributed by atoms with van der Waals surface area (Å²) >= 11 is 4.34. The second kappa shape index (κ2) is 3.77. The molecular weight excluding hydrogens is 236 g/mol. The smallest absolute Gasteiger partial charge is 0.228 e. The lowest BCUT2D eigenvalue weighted by molar-refractivity contribution is -0.117. The molecule has 4 nitrogen and oxygen atoms in total. The highest BCUT2D eigenvalue weighted by atomic mass is 32.1. The van der Waals surface area contributed by atoms with E-state index < -0.39 is 0 Å². The topological polar surface area (TPSA) is 46.3 Å². The molecule has 1 aliphatic rings. The van der Waals surface area contributed by atoms with Gasteiger partial charge in [0.05, 0.1) is 0 Å². The van der Waals surface area contributed by atoms with Gasteiger partial charge < -0.3 is 9.32 Å². The number of carbonyl (C=O) groups is 1. The number of fused-ring (bicyclic) bond motifs is 1. The van der Waals surface area contributed by atoms with Crippen molar-refractivity contribution in [2.24, 2.45) is 0 Å². The predicted molar refractivity (Wildman–Crippen MR) is 68.5 cm³/mol. The van der Waals surface area contributed by atoms with Crippen LogP contribution >= 0.6 is 12.6 Å². The standard InChI is InChI=1S/C12H12N2O2S/c1-7-13-10-3-2-8(4-11(10)16-7)14-6-9(17)5-12(14)15/h2-4,9,17H,5-6H2,1H3. The number of anilines is 1. The van der Waals surface area contributed by atoms with E-state index in [1.807, 2.05) is 25.1 Å².